The normalized spacial score (nSPS) is 20.6. The van der Waals surface area contributed by atoms with Gasteiger partial charge in [-0.15, -0.1) is 11.8 Å². The van der Waals surface area contributed by atoms with Crippen LogP contribution in [-0.4, -0.2) is 75.3 Å². The molecule has 0 spiro atoms. The van der Waals surface area contributed by atoms with Gasteiger partial charge in [0.2, 0.25) is 11.8 Å². The summed E-state index contributed by atoms with van der Waals surface area (Å²) in [6.45, 7) is 3.45. The number of carbonyl (C=O) groups excluding carboxylic acids is 3. The van der Waals surface area contributed by atoms with Crippen molar-refractivity contribution < 1.29 is 34.2 Å². The van der Waals surface area contributed by atoms with Gasteiger partial charge in [0.25, 0.3) is 0 Å². The molecule has 0 radical (unpaired) electrons. The minimum Gasteiger partial charge on any atom is -0.481 e. The maximum atomic E-state index is 12.5. The standard InChI is InChI=1S/C20H32N2O7S/c1-12(20(28)29)22(3)17(24)8-9-30-16(10-18(25)26)19(27)21-11-14-4-6-15(7-5-14)13(2)23/h12,14-16H,4-11H2,1-3H3,(H,21,27)(H,25,26)(H,28,29)/t12-,14?,15?,16?/m0/s1. The van der Waals surface area contributed by atoms with E-state index in [1.54, 1.807) is 6.92 Å². The van der Waals surface area contributed by atoms with E-state index in [-0.39, 0.29) is 48.0 Å². The number of Topliss-reactive ketones (excluding diaryl/α,β-unsaturated/α-hetero) is 1. The zero-order chi connectivity index (χ0) is 22.8. The van der Waals surface area contributed by atoms with Gasteiger partial charge in [0.05, 0.1) is 11.7 Å². The summed E-state index contributed by atoms with van der Waals surface area (Å²) in [6, 6.07) is -0.960. The van der Waals surface area contributed by atoms with Crippen molar-refractivity contribution in [2.24, 2.45) is 11.8 Å². The molecule has 0 aromatic carbocycles. The van der Waals surface area contributed by atoms with Crippen molar-refractivity contribution in [3.05, 3.63) is 0 Å². The number of carboxylic acids is 2. The first-order valence-corrected chi connectivity index (χ1v) is 11.2. The van der Waals surface area contributed by atoms with Crippen molar-refractivity contribution >= 4 is 41.3 Å². The third-order valence-electron chi connectivity index (χ3n) is 5.61. The molecule has 2 atom stereocenters. The molecule has 30 heavy (non-hydrogen) atoms. The summed E-state index contributed by atoms with van der Waals surface area (Å²) in [6.07, 6.45) is 2.98. The molecule has 0 heterocycles. The van der Waals surface area contributed by atoms with Crippen LogP contribution in [0.25, 0.3) is 0 Å². The van der Waals surface area contributed by atoms with E-state index < -0.39 is 23.2 Å². The van der Waals surface area contributed by atoms with Gasteiger partial charge in [0, 0.05) is 31.7 Å². The number of aliphatic carboxylic acids is 2. The summed E-state index contributed by atoms with van der Waals surface area (Å²) in [7, 11) is 1.40. The summed E-state index contributed by atoms with van der Waals surface area (Å²) in [5.41, 5.74) is 0. The van der Waals surface area contributed by atoms with Crippen molar-refractivity contribution in [3.63, 3.8) is 0 Å². The van der Waals surface area contributed by atoms with Crippen molar-refractivity contribution in [2.75, 3.05) is 19.3 Å². The predicted molar refractivity (Wildman–Crippen MR) is 112 cm³/mol. The number of ketones is 1. The van der Waals surface area contributed by atoms with Crippen LogP contribution in [0.15, 0.2) is 0 Å². The van der Waals surface area contributed by atoms with Crippen LogP contribution in [0.1, 0.15) is 52.4 Å². The van der Waals surface area contributed by atoms with E-state index in [1.165, 1.54) is 14.0 Å². The second-order valence-corrected chi connectivity index (χ2v) is 9.11. The highest BCUT2D eigenvalue weighted by Crippen LogP contribution is 2.29. The Labute approximate surface area is 180 Å². The molecule has 1 aliphatic rings. The maximum absolute atomic E-state index is 12.5. The molecule has 0 bridgehead atoms. The van der Waals surface area contributed by atoms with Gasteiger partial charge < -0.3 is 20.4 Å². The Morgan fingerprint density at radius 1 is 1.10 bits per heavy atom. The highest BCUT2D eigenvalue weighted by molar-refractivity contribution is 8.00. The van der Waals surface area contributed by atoms with Gasteiger partial charge in [-0.05, 0) is 45.4 Å². The molecular weight excluding hydrogens is 412 g/mol. The monoisotopic (exact) mass is 444 g/mol. The Hall–Kier alpha value is -2.10. The topological polar surface area (TPSA) is 141 Å². The minimum absolute atomic E-state index is 0.0112. The lowest BCUT2D eigenvalue weighted by atomic mass is 9.80. The number of rotatable bonds is 12. The van der Waals surface area contributed by atoms with E-state index >= 15 is 0 Å². The quantitative estimate of drug-likeness (QED) is 0.410. The lowest BCUT2D eigenvalue weighted by Gasteiger charge is -2.27. The Balaban J connectivity index is 2.47. The summed E-state index contributed by atoms with van der Waals surface area (Å²) in [4.78, 5) is 59.2. The highest BCUT2D eigenvalue weighted by atomic mass is 32.2. The Morgan fingerprint density at radius 3 is 2.20 bits per heavy atom. The third-order valence-corrected chi connectivity index (χ3v) is 6.83. The number of thioether (sulfide) groups is 1. The highest BCUT2D eigenvalue weighted by Gasteiger charge is 2.27. The molecule has 0 aromatic heterocycles. The van der Waals surface area contributed by atoms with Crippen LogP contribution in [0.2, 0.25) is 0 Å². The van der Waals surface area contributed by atoms with E-state index in [0.717, 1.165) is 42.3 Å². The van der Waals surface area contributed by atoms with Crippen molar-refractivity contribution in [2.45, 2.75) is 63.7 Å². The smallest absolute Gasteiger partial charge is 0.326 e. The average molecular weight is 445 g/mol. The number of amides is 2. The van der Waals surface area contributed by atoms with Crippen LogP contribution in [0.3, 0.4) is 0 Å². The predicted octanol–water partition coefficient (Wildman–Crippen LogP) is 1.40. The molecule has 2 amide bonds. The Morgan fingerprint density at radius 2 is 1.70 bits per heavy atom. The molecule has 1 unspecified atom stereocenters. The molecule has 170 valence electrons. The van der Waals surface area contributed by atoms with E-state index in [4.69, 9.17) is 10.2 Å². The fourth-order valence-electron chi connectivity index (χ4n) is 3.36. The van der Waals surface area contributed by atoms with Gasteiger partial charge in [-0.1, -0.05) is 0 Å². The minimum atomic E-state index is -1.11. The fourth-order valence-corrected chi connectivity index (χ4v) is 4.44. The van der Waals surface area contributed by atoms with Gasteiger partial charge >= 0.3 is 11.9 Å². The Kier molecular flexibility index (Phi) is 10.9. The van der Waals surface area contributed by atoms with Crippen LogP contribution in [-0.2, 0) is 24.0 Å². The van der Waals surface area contributed by atoms with Gasteiger partial charge in [-0.2, -0.15) is 0 Å². The van der Waals surface area contributed by atoms with E-state index in [9.17, 15) is 24.0 Å². The van der Waals surface area contributed by atoms with Crippen LogP contribution in [0.5, 0.6) is 0 Å². The molecule has 0 aromatic rings. The third kappa shape index (κ3) is 8.73. The lowest BCUT2D eigenvalue weighted by Crippen LogP contribution is -2.40. The first kappa shape index (κ1) is 25.9. The molecule has 1 aliphatic carbocycles. The number of nitrogens with one attached hydrogen (secondary N) is 1. The number of nitrogens with zero attached hydrogens (tertiary/aromatic N) is 1. The zero-order valence-corrected chi connectivity index (χ0v) is 18.6. The van der Waals surface area contributed by atoms with Crippen molar-refractivity contribution in [1.29, 1.82) is 0 Å². The largest absolute Gasteiger partial charge is 0.481 e. The molecule has 10 heteroatoms. The van der Waals surface area contributed by atoms with Gasteiger partial charge in [0.15, 0.2) is 0 Å². The summed E-state index contributed by atoms with van der Waals surface area (Å²) < 4.78 is 0. The lowest BCUT2D eigenvalue weighted by molar-refractivity contribution is -0.148. The average Bonchev–Trinajstić information content (AvgIpc) is 2.69. The molecule has 1 rings (SSSR count). The molecule has 0 saturated heterocycles. The van der Waals surface area contributed by atoms with E-state index in [1.807, 2.05) is 0 Å². The molecular formula is C20H32N2O7S. The van der Waals surface area contributed by atoms with Crippen LogP contribution in [0.4, 0.5) is 0 Å². The summed E-state index contributed by atoms with van der Waals surface area (Å²) in [5.74, 6) is -2.19. The SMILES string of the molecule is CC(=O)C1CCC(CNC(=O)C(CC(=O)O)SCCC(=O)N(C)[C@@H](C)C(=O)O)CC1. The first-order valence-electron chi connectivity index (χ1n) is 10.1. The Bertz CT molecular complexity index is 647. The number of carbonyl (C=O) groups is 5. The van der Waals surface area contributed by atoms with Crippen LogP contribution < -0.4 is 5.32 Å². The fraction of sp³-hybridized carbons (Fsp3) is 0.750. The second kappa shape index (κ2) is 12.6. The molecule has 0 aliphatic heterocycles. The van der Waals surface area contributed by atoms with Gasteiger partial charge in [-0.25, -0.2) is 4.79 Å². The van der Waals surface area contributed by atoms with E-state index in [0.29, 0.717) is 6.54 Å². The van der Waals surface area contributed by atoms with Crippen LogP contribution in [0, 0.1) is 11.8 Å². The number of hydrogen-bond acceptors (Lipinski definition) is 6. The number of likely N-dealkylation sites (N-methyl/N-ethyl adjacent to an activating group) is 1. The van der Waals surface area contributed by atoms with Gasteiger partial charge in [-0.3, -0.25) is 19.2 Å². The second-order valence-electron chi connectivity index (χ2n) is 7.80. The first-order chi connectivity index (χ1) is 14.0. The van der Waals surface area contributed by atoms with E-state index in [2.05, 4.69) is 5.32 Å². The molecule has 1 saturated carbocycles. The molecule has 9 nitrogen and oxygen atoms in total. The van der Waals surface area contributed by atoms with Gasteiger partial charge in [0.1, 0.15) is 11.8 Å². The molecule has 1 fully saturated rings. The van der Waals surface area contributed by atoms with Crippen molar-refractivity contribution in [1.82, 2.24) is 10.2 Å². The maximum Gasteiger partial charge on any atom is 0.326 e. The summed E-state index contributed by atoms with van der Waals surface area (Å²) in [5, 5.41) is 20.0. The number of hydrogen-bond donors (Lipinski definition) is 3. The molecule has 3 N–H and O–H groups in total. The van der Waals surface area contributed by atoms with Crippen molar-refractivity contribution in [3.8, 4) is 0 Å². The zero-order valence-electron chi connectivity index (χ0n) is 17.8. The summed E-state index contributed by atoms with van der Waals surface area (Å²) >= 11 is 1.08. The van der Waals surface area contributed by atoms with Crippen LogP contribution >= 0.6 is 11.8 Å². The number of carboxylic acid groups (broad SMARTS) is 2.